The van der Waals surface area contributed by atoms with E-state index in [2.05, 4.69) is 10.6 Å². The van der Waals surface area contributed by atoms with E-state index in [0.717, 1.165) is 24.1 Å². The molecule has 0 fully saturated rings. The molecular formula is C18H23ClN2O. The fraction of sp³-hybridized carbons (Fsp3) is 0.278. The van der Waals surface area contributed by atoms with Crippen molar-refractivity contribution in [2.24, 2.45) is 0 Å². The van der Waals surface area contributed by atoms with Crippen LogP contribution in [0.1, 0.15) is 23.5 Å². The second kappa shape index (κ2) is 9.98. The Labute approximate surface area is 138 Å². The molecule has 0 bridgehead atoms. The lowest BCUT2D eigenvalue weighted by Gasteiger charge is -2.18. The van der Waals surface area contributed by atoms with E-state index in [1.165, 1.54) is 0 Å². The third kappa shape index (κ3) is 5.17. The number of carbonyl (C=O) groups excluding carboxylic acids is 1. The normalized spacial score (nSPS) is 10.1. The van der Waals surface area contributed by atoms with Crippen LogP contribution >= 0.6 is 12.4 Å². The summed E-state index contributed by atoms with van der Waals surface area (Å²) in [6.07, 6.45) is 0.929. The highest BCUT2D eigenvalue weighted by molar-refractivity contribution is 5.87. The van der Waals surface area contributed by atoms with Crippen molar-refractivity contribution in [2.75, 3.05) is 20.1 Å². The molecule has 0 saturated carbocycles. The molecule has 0 aliphatic carbocycles. The van der Waals surface area contributed by atoms with E-state index in [-0.39, 0.29) is 24.2 Å². The summed E-state index contributed by atoms with van der Waals surface area (Å²) >= 11 is 0. The number of hydrogen-bond donors (Lipinski definition) is 2. The van der Waals surface area contributed by atoms with Gasteiger partial charge >= 0.3 is 0 Å². The van der Waals surface area contributed by atoms with Gasteiger partial charge in [-0.05, 0) is 31.1 Å². The smallest absolute Gasteiger partial charge is 0.232 e. The summed E-state index contributed by atoms with van der Waals surface area (Å²) < 4.78 is 0. The molecule has 0 saturated heterocycles. The molecule has 118 valence electrons. The van der Waals surface area contributed by atoms with Gasteiger partial charge in [-0.2, -0.15) is 0 Å². The summed E-state index contributed by atoms with van der Waals surface area (Å²) in [6.45, 7) is 1.59. The van der Waals surface area contributed by atoms with Crippen LogP contribution in [-0.2, 0) is 4.79 Å². The van der Waals surface area contributed by atoms with Crippen LogP contribution in [0.4, 0.5) is 0 Å². The fourth-order valence-electron chi connectivity index (χ4n) is 2.36. The first kappa shape index (κ1) is 18.2. The molecule has 0 atom stereocenters. The van der Waals surface area contributed by atoms with Gasteiger partial charge in [0.1, 0.15) is 0 Å². The van der Waals surface area contributed by atoms with Gasteiger partial charge in [0.15, 0.2) is 0 Å². The average molecular weight is 319 g/mol. The van der Waals surface area contributed by atoms with Crippen LogP contribution in [0.15, 0.2) is 60.7 Å². The Morgan fingerprint density at radius 1 is 0.909 bits per heavy atom. The van der Waals surface area contributed by atoms with E-state index < -0.39 is 0 Å². The number of nitrogens with one attached hydrogen (secondary N) is 2. The molecule has 2 N–H and O–H groups in total. The van der Waals surface area contributed by atoms with Crippen molar-refractivity contribution in [1.29, 1.82) is 0 Å². The second-order valence-corrected chi connectivity index (χ2v) is 5.00. The minimum atomic E-state index is -0.248. The van der Waals surface area contributed by atoms with E-state index in [4.69, 9.17) is 0 Å². The molecule has 0 aromatic heterocycles. The molecule has 3 nitrogen and oxygen atoms in total. The van der Waals surface area contributed by atoms with Crippen LogP contribution < -0.4 is 10.6 Å². The van der Waals surface area contributed by atoms with Crippen LogP contribution in [0.5, 0.6) is 0 Å². The zero-order valence-corrected chi connectivity index (χ0v) is 13.6. The van der Waals surface area contributed by atoms with Gasteiger partial charge in [0, 0.05) is 6.54 Å². The first-order valence-corrected chi connectivity index (χ1v) is 7.35. The molecule has 1 amide bonds. The lowest BCUT2D eigenvalue weighted by Crippen LogP contribution is -2.32. The second-order valence-electron chi connectivity index (χ2n) is 5.00. The number of hydrogen-bond acceptors (Lipinski definition) is 2. The zero-order valence-electron chi connectivity index (χ0n) is 12.8. The minimum Gasteiger partial charge on any atom is -0.355 e. The molecule has 0 heterocycles. The van der Waals surface area contributed by atoms with Crippen LogP contribution in [0.3, 0.4) is 0 Å². The Kier molecular flexibility index (Phi) is 8.26. The third-order valence-corrected chi connectivity index (χ3v) is 3.43. The summed E-state index contributed by atoms with van der Waals surface area (Å²) in [4.78, 5) is 12.6. The molecule has 0 aliphatic rings. The van der Waals surface area contributed by atoms with Crippen molar-refractivity contribution in [3.8, 4) is 0 Å². The van der Waals surface area contributed by atoms with E-state index in [0.29, 0.717) is 6.54 Å². The Balaban J connectivity index is 0.00000242. The largest absolute Gasteiger partial charge is 0.355 e. The summed E-state index contributed by atoms with van der Waals surface area (Å²) in [5.74, 6) is -0.189. The minimum absolute atomic E-state index is 0. The summed E-state index contributed by atoms with van der Waals surface area (Å²) in [7, 11) is 1.92. The van der Waals surface area contributed by atoms with Crippen molar-refractivity contribution in [3.05, 3.63) is 71.8 Å². The monoisotopic (exact) mass is 318 g/mol. The van der Waals surface area contributed by atoms with E-state index >= 15 is 0 Å². The van der Waals surface area contributed by atoms with Crippen LogP contribution in [0.25, 0.3) is 0 Å². The molecule has 4 heteroatoms. The Morgan fingerprint density at radius 3 is 1.86 bits per heavy atom. The molecule has 0 unspecified atom stereocenters. The SMILES string of the molecule is CNCCCNC(=O)C(c1ccccc1)c1ccccc1.Cl. The third-order valence-electron chi connectivity index (χ3n) is 3.43. The maximum absolute atomic E-state index is 12.6. The first-order chi connectivity index (χ1) is 10.3. The van der Waals surface area contributed by atoms with Gasteiger partial charge in [-0.1, -0.05) is 60.7 Å². The van der Waals surface area contributed by atoms with Crippen molar-refractivity contribution in [1.82, 2.24) is 10.6 Å². The van der Waals surface area contributed by atoms with Gasteiger partial charge in [-0.15, -0.1) is 12.4 Å². The summed E-state index contributed by atoms with van der Waals surface area (Å²) in [6, 6.07) is 19.8. The highest BCUT2D eigenvalue weighted by atomic mass is 35.5. The molecule has 22 heavy (non-hydrogen) atoms. The van der Waals surface area contributed by atoms with Crippen LogP contribution in [0, 0.1) is 0 Å². The van der Waals surface area contributed by atoms with Crippen molar-refractivity contribution < 1.29 is 4.79 Å². The zero-order chi connectivity index (χ0) is 14.9. The molecular weight excluding hydrogens is 296 g/mol. The number of amides is 1. The predicted octanol–water partition coefficient (Wildman–Crippen LogP) is 2.97. The molecule has 2 aromatic carbocycles. The first-order valence-electron chi connectivity index (χ1n) is 7.35. The molecule has 0 radical (unpaired) electrons. The van der Waals surface area contributed by atoms with Crippen LogP contribution in [0.2, 0.25) is 0 Å². The van der Waals surface area contributed by atoms with E-state index in [1.54, 1.807) is 0 Å². The quantitative estimate of drug-likeness (QED) is 0.771. The Hall–Kier alpha value is -1.84. The van der Waals surface area contributed by atoms with Gasteiger partial charge in [0.25, 0.3) is 0 Å². The summed E-state index contributed by atoms with van der Waals surface area (Å²) in [5.41, 5.74) is 2.05. The van der Waals surface area contributed by atoms with Crippen molar-refractivity contribution in [3.63, 3.8) is 0 Å². The Bertz CT molecular complexity index is 506. The maximum Gasteiger partial charge on any atom is 0.232 e. The van der Waals surface area contributed by atoms with Crippen molar-refractivity contribution in [2.45, 2.75) is 12.3 Å². The highest BCUT2D eigenvalue weighted by Gasteiger charge is 2.21. The molecule has 2 rings (SSSR count). The number of carbonyl (C=O) groups is 1. The molecule has 2 aromatic rings. The van der Waals surface area contributed by atoms with Gasteiger partial charge in [0.2, 0.25) is 5.91 Å². The number of rotatable bonds is 7. The Morgan fingerprint density at radius 2 is 1.41 bits per heavy atom. The fourth-order valence-corrected chi connectivity index (χ4v) is 2.36. The van der Waals surface area contributed by atoms with Gasteiger partial charge in [-0.3, -0.25) is 4.79 Å². The van der Waals surface area contributed by atoms with Gasteiger partial charge in [-0.25, -0.2) is 0 Å². The predicted molar refractivity (Wildman–Crippen MR) is 93.5 cm³/mol. The number of benzene rings is 2. The lowest BCUT2D eigenvalue weighted by molar-refractivity contribution is -0.121. The van der Waals surface area contributed by atoms with Gasteiger partial charge < -0.3 is 10.6 Å². The molecule has 0 spiro atoms. The topological polar surface area (TPSA) is 41.1 Å². The van der Waals surface area contributed by atoms with E-state index in [9.17, 15) is 4.79 Å². The molecule has 0 aliphatic heterocycles. The standard InChI is InChI=1S/C18H22N2O.ClH/c1-19-13-8-14-20-18(21)17(15-9-4-2-5-10-15)16-11-6-3-7-12-16;/h2-7,9-12,17,19H,8,13-14H2,1H3,(H,20,21);1H. The maximum atomic E-state index is 12.6. The summed E-state index contributed by atoms with van der Waals surface area (Å²) in [5, 5.41) is 6.12. The van der Waals surface area contributed by atoms with Gasteiger partial charge in [0.05, 0.1) is 5.92 Å². The lowest BCUT2D eigenvalue weighted by atomic mass is 9.90. The van der Waals surface area contributed by atoms with Crippen molar-refractivity contribution >= 4 is 18.3 Å². The highest BCUT2D eigenvalue weighted by Crippen LogP contribution is 2.24. The van der Waals surface area contributed by atoms with E-state index in [1.807, 2.05) is 67.7 Å². The van der Waals surface area contributed by atoms with Crippen LogP contribution in [-0.4, -0.2) is 26.0 Å². The number of halogens is 1. The average Bonchev–Trinajstić information content (AvgIpc) is 2.54.